The van der Waals surface area contributed by atoms with Crippen molar-refractivity contribution in [3.8, 4) is 0 Å². The first kappa shape index (κ1) is 17.3. The minimum absolute atomic E-state index is 0.272. The first-order chi connectivity index (χ1) is 11.5. The summed E-state index contributed by atoms with van der Waals surface area (Å²) < 4.78 is 12.8. The van der Waals surface area contributed by atoms with E-state index in [1.807, 2.05) is 6.92 Å². The van der Waals surface area contributed by atoms with Crippen molar-refractivity contribution >= 4 is 11.5 Å². The molecule has 124 valence electrons. The molecule has 1 unspecified atom stereocenters. The number of hydrogen-bond acceptors (Lipinski definition) is 5. The van der Waals surface area contributed by atoms with Gasteiger partial charge in [-0.2, -0.15) is 4.39 Å². The van der Waals surface area contributed by atoms with Crippen LogP contribution < -0.4 is 11.1 Å². The lowest BCUT2D eigenvalue weighted by Gasteiger charge is -2.13. The van der Waals surface area contributed by atoms with Crippen LogP contribution in [0.4, 0.5) is 4.39 Å². The van der Waals surface area contributed by atoms with Gasteiger partial charge >= 0.3 is 0 Å². The number of nitrogens with two attached hydrogens (primary N) is 1. The van der Waals surface area contributed by atoms with Crippen molar-refractivity contribution in [2.24, 2.45) is 5.73 Å². The number of nitrogens with one attached hydrogen (secondary N) is 1. The Kier molecular flexibility index (Phi) is 5.73. The maximum absolute atomic E-state index is 12.8. The van der Waals surface area contributed by atoms with Gasteiger partial charge in [0.25, 0.3) is 5.91 Å². The van der Waals surface area contributed by atoms with E-state index in [-0.39, 0.29) is 17.6 Å². The Labute approximate surface area is 139 Å². The molecule has 24 heavy (non-hydrogen) atoms. The summed E-state index contributed by atoms with van der Waals surface area (Å²) in [6.07, 6.45) is 7.74. The second-order valence-corrected chi connectivity index (χ2v) is 5.18. The van der Waals surface area contributed by atoms with E-state index >= 15 is 0 Å². The lowest BCUT2D eigenvalue weighted by atomic mass is 10.1. The number of allylic oxidation sites excluding steroid dienone is 3. The molecule has 6 nitrogen and oxygen atoms in total. The Bertz CT molecular complexity index is 756. The van der Waals surface area contributed by atoms with Crippen LogP contribution in [0, 0.1) is 5.95 Å². The number of nitrogens with zero attached hydrogens (tertiary/aromatic N) is 3. The van der Waals surface area contributed by atoms with Crippen molar-refractivity contribution in [1.29, 1.82) is 0 Å². The van der Waals surface area contributed by atoms with E-state index in [1.54, 1.807) is 25.1 Å². The third kappa shape index (κ3) is 4.70. The van der Waals surface area contributed by atoms with Gasteiger partial charge in [0.2, 0.25) is 5.95 Å². The highest BCUT2D eigenvalue weighted by Gasteiger charge is 2.12. The van der Waals surface area contributed by atoms with Gasteiger partial charge in [-0.1, -0.05) is 6.08 Å². The van der Waals surface area contributed by atoms with Crippen LogP contribution in [-0.4, -0.2) is 26.9 Å². The molecule has 7 heteroatoms. The normalized spacial score (nSPS) is 13.5. The zero-order chi connectivity index (χ0) is 17.5. The molecule has 2 aromatic rings. The monoisotopic (exact) mass is 327 g/mol. The lowest BCUT2D eigenvalue weighted by Crippen LogP contribution is -2.36. The summed E-state index contributed by atoms with van der Waals surface area (Å²) >= 11 is 0. The number of amides is 1. The molecule has 0 aliphatic carbocycles. The van der Waals surface area contributed by atoms with E-state index in [9.17, 15) is 9.18 Å². The van der Waals surface area contributed by atoms with Crippen LogP contribution in [0.1, 0.15) is 29.9 Å². The minimum Gasteiger partial charge on any atom is -0.400 e. The highest BCUT2D eigenvalue weighted by Crippen LogP contribution is 2.13. The molecule has 0 aliphatic heterocycles. The summed E-state index contributed by atoms with van der Waals surface area (Å²) in [7, 11) is 0. The molecule has 0 saturated heterocycles. The number of hydrogen-bond donors (Lipinski definition) is 2. The Morgan fingerprint density at radius 3 is 2.71 bits per heavy atom. The standard InChI is InChI=1S/C17H18FN5O/c1-11(13-4-6-16(18)21-9-13)3-5-14(19)12(2)23-17(24)15-7-8-20-10-22-15/h3-10,12H,19H2,1-2H3,(H,23,24)/b11-3+,14-5+. The van der Waals surface area contributed by atoms with Gasteiger partial charge in [-0.25, -0.2) is 15.0 Å². The van der Waals surface area contributed by atoms with Crippen molar-refractivity contribution in [2.45, 2.75) is 19.9 Å². The molecule has 1 atom stereocenters. The molecule has 3 N–H and O–H groups in total. The van der Waals surface area contributed by atoms with E-state index in [0.29, 0.717) is 5.70 Å². The third-order valence-corrected chi connectivity index (χ3v) is 3.37. The molecule has 2 heterocycles. The molecule has 0 saturated carbocycles. The van der Waals surface area contributed by atoms with Gasteiger partial charge in [0.1, 0.15) is 12.0 Å². The quantitative estimate of drug-likeness (QED) is 0.648. The second-order valence-electron chi connectivity index (χ2n) is 5.18. The van der Waals surface area contributed by atoms with Crippen LogP contribution in [0.2, 0.25) is 0 Å². The van der Waals surface area contributed by atoms with Gasteiger partial charge in [-0.3, -0.25) is 4.79 Å². The molecule has 2 aromatic heterocycles. The maximum Gasteiger partial charge on any atom is 0.270 e. The van der Waals surface area contributed by atoms with E-state index in [4.69, 9.17) is 5.73 Å². The zero-order valence-electron chi connectivity index (χ0n) is 13.4. The first-order valence-corrected chi connectivity index (χ1v) is 7.30. The van der Waals surface area contributed by atoms with Crippen molar-refractivity contribution in [3.05, 3.63) is 72.0 Å². The second kappa shape index (κ2) is 7.96. The van der Waals surface area contributed by atoms with Gasteiger partial charge in [0.15, 0.2) is 0 Å². The van der Waals surface area contributed by atoms with Crippen LogP contribution in [-0.2, 0) is 0 Å². The predicted octanol–water partition coefficient (Wildman–Crippen LogP) is 2.08. The summed E-state index contributed by atoms with van der Waals surface area (Å²) in [6, 6.07) is 4.08. The van der Waals surface area contributed by atoms with Gasteiger partial charge in [0, 0.05) is 18.1 Å². The summed E-state index contributed by atoms with van der Waals surface area (Å²) in [5, 5.41) is 2.75. The van der Waals surface area contributed by atoms with E-state index in [2.05, 4.69) is 20.3 Å². The topological polar surface area (TPSA) is 93.8 Å². The van der Waals surface area contributed by atoms with E-state index < -0.39 is 5.95 Å². The predicted molar refractivity (Wildman–Crippen MR) is 89.1 cm³/mol. The number of carbonyl (C=O) groups is 1. The summed E-state index contributed by atoms with van der Waals surface area (Å²) in [4.78, 5) is 23.3. The highest BCUT2D eigenvalue weighted by molar-refractivity contribution is 5.92. The number of pyridine rings is 1. The molecule has 0 bridgehead atoms. The van der Waals surface area contributed by atoms with Crippen molar-refractivity contribution in [1.82, 2.24) is 20.3 Å². The van der Waals surface area contributed by atoms with Crippen molar-refractivity contribution in [2.75, 3.05) is 0 Å². The average Bonchev–Trinajstić information content (AvgIpc) is 2.60. The highest BCUT2D eigenvalue weighted by atomic mass is 19.1. The largest absolute Gasteiger partial charge is 0.400 e. The average molecular weight is 327 g/mol. The molecule has 0 radical (unpaired) electrons. The number of halogens is 1. The SMILES string of the molecule is C/C(=C\C=C(\N)C(C)NC(=O)c1ccncn1)c1ccc(F)nc1. The smallest absolute Gasteiger partial charge is 0.270 e. The van der Waals surface area contributed by atoms with Crippen LogP contribution in [0.25, 0.3) is 5.57 Å². The molecule has 1 amide bonds. The lowest BCUT2D eigenvalue weighted by molar-refractivity contribution is 0.0940. The number of aromatic nitrogens is 3. The molecule has 0 spiro atoms. The summed E-state index contributed by atoms with van der Waals surface area (Å²) in [6.45, 7) is 3.64. The first-order valence-electron chi connectivity index (χ1n) is 7.30. The van der Waals surface area contributed by atoms with Gasteiger partial charge < -0.3 is 11.1 Å². The van der Waals surface area contributed by atoms with Crippen molar-refractivity contribution in [3.63, 3.8) is 0 Å². The molecule has 0 aromatic carbocycles. The number of rotatable bonds is 5. The Balaban J connectivity index is 2.02. The van der Waals surface area contributed by atoms with Gasteiger partial charge in [-0.05, 0) is 49.3 Å². The van der Waals surface area contributed by atoms with Crippen LogP contribution in [0.15, 0.2) is 54.8 Å². The summed E-state index contributed by atoms with van der Waals surface area (Å²) in [5.41, 5.74) is 8.40. The zero-order valence-corrected chi connectivity index (χ0v) is 13.4. The van der Waals surface area contributed by atoms with Gasteiger partial charge in [0.05, 0.1) is 6.04 Å². The third-order valence-electron chi connectivity index (χ3n) is 3.37. The fourth-order valence-electron chi connectivity index (χ4n) is 1.85. The van der Waals surface area contributed by atoms with Crippen LogP contribution >= 0.6 is 0 Å². The summed E-state index contributed by atoms with van der Waals surface area (Å²) in [5.74, 6) is -0.854. The van der Waals surface area contributed by atoms with Crippen LogP contribution in [0.5, 0.6) is 0 Å². The molecular weight excluding hydrogens is 309 g/mol. The number of carbonyl (C=O) groups excluding carboxylic acids is 1. The fourth-order valence-corrected chi connectivity index (χ4v) is 1.85. The fraction of sp³-hybridized carbons (Fsp3) is 0.176. The van der Waals surface area contributed by atoms with Crippen molar-refractivity contribution < 1.29 is 9.18 Å². The van der Waals surface area contributed by atoms with E-state index in [1.165, 1.54) is 30.9 Å². The van der Waals surface area contributed by atoms with Gasteiger partial charge in [-0.15, -0.1) is 0 Å². The Hall–Kier alpha value is -3.09. The minimum atomic E-state index is -0.525. The van der Waals surface area contributed by atoms with E-state index in [0.717, 1.165) is 11.1 Å². The maximum atomic E-state index is 12.8. The Morgan fingerprint density at radius 1 is 1.29 bits per heavy atom. The van der Waals surface area contributed by atoms with Crippen LogP contribution in [0.3, 0.4) is 0 Å². The molecular formula is C17H18FN5O. The molecule has 0 aliphatic rings. The Morgan fingerprint density at radius 2 is 2.08 bits per heavy atom. The molecule has 2 rings (SSSR count). The molecule has 0 fully saturated rings.